The maximum Gasteiger partial charge on any atom is 0.300 e. The summed E-state index contributed by atoms with van der Waals surface area (Å²) in [5.74, 6) is -1.67. The fraction of sp³-hybridized carbons (Fsp3) is 0.143. The molecular formula is C21H17N3O3S. The second kappa shape index (κ2) is 7.01. The van der Waals surface area contributed by atoms with Gasteiger partial charge in [-0.15, -0.1) is 11.3 Å². The number of ketones is 1. The maximum atomic E-state index is 12.7. The van der Waals surface area contributed by atoms with Gasteiger partial charge in [-0.3, -0.25) is 19.3 Å². The number of hydrogen-bond acceptors (Lipinski definition) is 5. The average molecular weight is 391 g/mol. The Morgan fingerprint density at radius 1 is 1.14 bits per heavy atom. The molecule has 140 valence electrons. The maximum absolute atomic E-state index is 12.7. The van der Waals surface area contributed by atoms with Crippen LogP contribution >= 0.6 is 11.3 Å². The van der Waals surface area contributed by atoms with Gasteiger partial charge in [-0.05, 0) is 26.0 Å². The van der Waals surface area contributed by atoms with Crippen molar-refractivity contribution in [1.82, 2.24) is 4.98 Å². The van der Waals surface area contributed by atoms with Crippen molar-refractivity contribution in [1.29, 1.82) is 0 Å². The van der Waals surface area contributed by atoms with Crippen LogP contribution in [0.5, 0.6) is 0 Å². The monoisotopic (exact) mass is 391 g/mol. The molecule has 1 aliphatic heterocycles. The van der Waals surface area contributed by atoms with Crippen LogP contribution in [0.3, 0.4) is 0 Å². The number of fused-ring (bicyclic) bond motifs is 1. The molecule has 1 unspecified atom stereocenters. The number of carbonyl (C=O) groups excluding carboxylic acids is 3. The molecule has 0 bridgehead atoms. The van der Waals surface area contributed by atoms with Crippen LogP contribution < -0.4 is 10.2 Å². The standard InChI is InChI=1S/C21H17N3O3S/c1-12-8-9-17-15(10-12)18(25)20(27)24(17)13(2)19(26)23-21-22-16(11-28-21)14-6-4-3-5-7-14/h3-11,13H,1-2H3,(H,22,23,26). The van der Waals surface area contributed by atoms with Crippen LogP contribution in [0.25, 0.3) is 11.3 Å². The van der Waals surface area contributed by atoms with Crippen molar-refractivity contribution in [3.63, 3.8) is 0 Å². The Morgan fingerprint density at radius 3 is 2.64 bits per heavy atom. The smallest absolute Gasteiger partial charge is 0.300 e. The van der Waals surface area contributed by atoms with Gasteiger partial charge >= 0.3 is 0 Å². The van der Waals surface area contributed by atoms with Crippen LogP contribution in [0.1, 0.15) is 22.8 Å². The number of nitrogens with zero attached hydrogens (tertiary/aromatic N) is 2. The summed E-state index contributed by atoms with van der Waals surface area (Å²) in [5, 5.41) is 5.05. The van der Waals surface area contributed by atoms with E-state index in [2.05, 4.69) is 10.3 Å². The van der Waals surface area contributed by atoms with E-state index in [-0.39, 0.29) is 0 Å². The largest absolute Gasteiger partial charge is 0.300 e. The summed E-state index contributed by atoms with van der Waals surface area (Å²) in [7, 11) is 0. The molecule has 1 N–H and O–H groups in total. The fourth-order valence-electron chi connectivity index (χ4n) is 3.16. The van der Waals surface area contributed by atoms with Gasteiger partial charge in [0, 0.05) is 10.9 Å². The summed E-state index contributed by atoms with van der Waals surface area (Å²) in [6.45, 7) is 3.45. The molecule has 1 aromatic heterocycles. The highest BCUT2D eigenvalue weighted by Crippen LogP contribution is 2.32. The second-order valence-corrected chi connectivity index (χ2v) is 7.45. The van der Waals surface area contributed by atoms with Gasteiger partial charge in [-0.2, -0.15) is 0 Å². The predicted molar refractivity (Wildman–Crippen MR) is 109 cm³/mol. The van der Waals surface area contributed by atoms with E-state index in [9.17, 15) is 14.4 Å². The van der Waals surface area contributed by atoms with E-state index < -0.39 is 23.6 Å². The van der Waals surface area contributed by atoms with Crippen molar-refractivity contribution in [2.24, 2.45) is 0 Å². The summed E-state index contributed by atoms with van der Waals surface area (Å²) in [4.78, 5) is 43.1. The van der Waals surface area contributed by atoms with Gasteiger partial charge in [0.05, 0.1) is 16.9 Å². The molecule has 7 heteroatoms. The van der Waals surface area contributed by atoms with Crippen molar-refractivity contribution in [2.45, 2.75) is 19.9 Å². The van der Waals surface area contributed by atoms with Crippen LogP contribution in [0.2, 0.25) is 0 Å². The minimum Gasteiger partial charge on any atom is -0.300 e. The highest BCUT2D eigenvalue weighted by molar-refractivity contribution is 7.14. The minimum atomic E-state index is -0.843. The van der Waals surface area contributed by atoms with E-state index in [0.717, 1.165) is 16.8 Å². The molecular weight excluding hydrogens is 374 g/mol. The fourth-order valence-corrected chi connectivity index (χ4v) is 3.88. The molecule has 0 saturated carbocycles. The van der Waals surface area contributed by atoms with Crippen molar-refractivity contribution in [2.75, 3.05) is 10.2 Å². The van der Waals surface area contributed by atoms with Gasteiger partial charge in [-0.25, -0.2) is 4.98 Å². The normalized spacial score (nSPS) is 14.1. The second-order valence-electron chi connectivity index (χ2n) is 6.59. The molecule has 6 nitrogen and oxygen atoms in total. The first-order chi connectivity index (χ1) is 13.5. The first kappa shape index (κ1) is 18.1. The van der Waals surface area contributed by atoms with E-state index in [1.165, 1.54) is 16.2 Å². The minimum absolute atomic E-state index is 0.338. The summed E-state index contributed by atoms with van der Waals surface area (Å²) < 4.78 is 0. The lowest BCUT2D eigenvalue weighted by atomic mass is 10.1. The summed E-state index contributed by atoms with van der Waals surface area (Å²) >= 11 is 1.31. The molecule has 0 aliphatic carbocycles. The third kappa shape index (κ3) is 3.10. The Hall–Kier alpha value is -3.32. The van der Waals surface area contributed by atoms with Crippen molar-refractivity contribution in [3.8, 4) is 11.3 Å². The lowest BCUT2D eigenvalue weighted by Gasteiger charge is -2.23. The summed E-state index contributed by atoms with van der Waals surface area (Å²) in [6.07, 6.45) is 0. The lowest BCUT2D eigenvalue weighted by Crippen LogP contribution is -2.45. The van der Waals surface area contributed by atoms with Gasteiger partial charge < -0.3 is 5.32 Å². The molecule has 1 aliphatic rings. The number of anilines is 2. The van der Waals surface area contributed by atoms with Gasteiger partial charge in [0.2, 0.25) is 5.91 Å². The van der Waals surface area contributed by atoms with Gasteiger partial charge in [0.25, 0.3) is 11.7 Å². The summed E-state index contributed by atoms with van der Waals surface area (Å²) in [6, 6.07) is 14.0. The molecule has 28 heavy (non-hydrogen) atoms. The zero-order chi connectivity index (χ0) is 19.8. The van der Waals surface area contributed by atoms with E-state index in [4.69, 9.17) is 0 Å². The van der Waals surface area contributed by atoms with E-state index in [1.54, 1.807) is 19.1 Å². The highest BCUT2D eigenvalue weighted by Gasteiger charge is 2.40. The Kier molecular flexibility index (Phi) is 4.52. The number of Topliss-reactive ketones (excluding diaryl/α,β-unsaturated/α-hetero) is 1. The SMILES string of the molecule is Cc1ccc2c(c1)C(=O)C(=O)N2C(C)C(=O)Nc1nc(-c2ccccc2)cs1. The van der Waals surface area contributed by atoms with E-state index >= 15 is 0 Å². The number of carbonyl (C=O) groups is 3. The Balaban J connectivity index is 1.54. The molecule has 1 atom stereocenters. The first-order valence-corrected chi connectivity index (χ1v) is 9.64. The number of benzene rings is 2. The number of hydrogen-bond donors (Lipinski definition) is 1. The Labute approximate surface area is 165 Å². The van der Waals surface area contributed by atoms with Gasteiger partial charge in [-0.1, -0.05) is 42.0 Å². The van der Waals surface area contributed by atoms with Crippen molar-refractivity contribution >= 4 is 39.8 Å². The number of nitrogens with one attached hydrogen (secondary N) is 1. The van der Waals surface area contributed by atoms with E-state index in [0.29, 0.717) is 16.4 Å². The number of rotatable bonds is 4. The third-order valence-electron chi connectivity index (χ3n) is 4.64. The number of aryl methyl sites for hydroxylation is 1. The number of amides is 2. The van der Waals surface area contributed by atoms with Gasteiger partial charge in [0.15, 0.2) is 5.13 Å². The topological polar surface area (TPSA) is 79.4 Å². The van der Waals surface area contributed by atoms with Crippen LogP contribution in [0.4, 0.5) is 10.8 Å². The molecule has 2 heterocycles. The van der Waals surface area contributed by atoms with E-state index in [1.807, 2.05) is 48.7 Å². The lowest BCUT2D eigenvalue weighted by molar-refractivity contribution is -0.120. The summed E-state index contributed by atoms with van der Waals surface area (Å²) in [5.41, 5.74) is 3.41. The average Bonchev–Trinajstić information content (AvgIpc) is 3.26. The molecule has 3 aromatic rings. The van der Waals surface area contributed by atoms with Crippen molar-refractivity contribution < 1.29 is 14.4 Å². The zero-order valence-corrected chi connectivity index (χ0v) is 16.1. The van der Waals surface area contributed by atoms with Gasteiger partial charge in [0.1, 0.15) is 6.04 Å². The molecule has 2 aromatic carbocycles. The molecule has 0 saturated heterocycles. The molecule has 0 radical (unpaired) electrons. The Bertz CT molecular complexity index is 1090. The van der Waals surface area contributed by atoms with Crippen LogP contribution in [0, 0.1) is 6.92 Å². The van der Waals surface area contributed by atoms with Crippen LogP contribution in [0.15, 0.2) is 53.9 Å². The molecule has 4 rings (SSSR count). The quantitative estimate of drug-likeness (QED) is 0.688. The molecule has 2 amide bonds. The Morgan fingerprint density at radius 2 is 1.89 bits per heavy atom. The molecule has 0 spiro atoms. The highest BCUT2D eigenvalue weighted by atomic mass is 32.1. The molecule has 0 fully saturated rings. The predicted octanol–water partition coefficient (Wildman–Crippen LogP) is 3.68. The number of thiazole rings is 1. The van der Waals surface area contributed by atoms with Crippen LogP contribution in [-0.4, -0.2) is 28.6 Å². The zero-order valence-electron chi connectivity index (χ0n) is 15.3. The van der Waals surface area contributed by atoms with Crippen molar-refractivity contribution in [3.05, 3.63) is 65.0 Å². The first-order valence-electron chi connectivity index (χ1n) is 8.76. The number of aromatic nitrogens is 1. The van der Waals surface area contributed by atoms with Crippen LogP contribution in [-0.2, 0) is 9.59 Å². The third-order valence-corrected chi connectivity index (χ3v) is 5.40.